The van der Waals surface area contributed by atoms with Crippen molar-refractivity contribution in [2.45, 2.75) is 32.4 Å². The molecule has 0 atom stereocenters. The number of hydrogen-bond donors (Lipinski definition) is 1. The minimum Gasteiger partial charge on any atom is -0.354 e. The molecule has 32 heavy (non-hydrogen) atoms. The Hall–Kier alpha value is -2.23. The fraction of sp³-hybridized carbons (Fsp3) is 0.429. The zero-order valence-corrected chi connectivity index (χ0v) is 19.4. The quantitative estimate of drug-likeness (QED) is 0.529. The van der Waals surface area contributed by atoms with E-state index in [2.05, 4.69) is 15.5 Å². The van der Waals surface area contributed by atoms with Gasteiger partial charge in [0.25, 0.3) is 0 Å². The number of hydrogen-bond acceptors (Lipinski definition) is 5. The van der Waals surface area contributed by atoms with Gasteiger partial charge in [0, 0.05) is 53.8 Å². The molecule has 0 amide bonds. The molecule has 1 aliphatic rings. The van der Waals surface area contributed by atoms with Gasteiger partial charge in [0.1, 0.15) is 5.82 Å². The Balaban J connectivity index is 1.60. The summed E-state index contributed by atoms with van der Waals surface area (Å²) >= 11 is 12.1. The van der Waals surface area contributed by atoms with Crippen LogP contribution in [0.15, 0.2) is 30.3 Å². The lowest BCUT2D eigenvalue weighted by Gasteiger charge is -2.36. The molecule has 1 N–H and O–H groups in total. The largest absolute Gasteiger partial charge is 0.433 e. The summed E-state index contributed by atoms with van der Waals surface area (Å²) in [6, 6.07) is 7.87. The lowest BCUT2D eigenvalue weighted by Crippen LogP contribution is -2.49. The summed E-state index contributed by atoms with van der Waals surface area (Å²) in [6.45, 7) is 8.04. The highest BCUT2D eigenvalue weighted by Crippen LogP contribution is 2.33. The van der Waals surface area contributed by atoms with Crippen molar-refractivity contribution in [2.24, 2.45) is 0 Å². The van der Waals surface area contributed by atoms with Crippen LogP contribution in [0.5, 0.6) is 0 Å². The summed E-state index contributed by atoms with van der Waals surface area (Å²) in [5.41, 5.74) is 3.64. The number of alkyl halides is 3. The number of anilines is 2. The van der Waals surface area contributed by atoms with Crippen LogP contribution in [0.2, 0.25) is 10.0 Å². The Bertz CT molecular complexity index is 1110. The van der Waals surface area contributed by atoms with E-state index in [1.165, 1.54) is 4.52 Å². The molecule has 172 valence electrons. The Kier molecular flexibility index (Phi) is 5.94. The number of nitrogens with zero attached hydrogens (tertiary/aromatic N) is 5. The lowest BCUT2D eigenvalue weighted by molar-refractivity contribution is -0.141. The molecule has 0 aliphatic carbocycles. The van der Waals surface area contributed by atoms with E-state index in [1.807, 2.05) is 30.7 Å². The van der Waals surface area contributed by atoms with Gasteiger partial charge in [0.15, 0.2) is 11.3 Å². The smallest absolute Gasteiger partial charge is 0.354 e. The first-order valence-corrected chi connectivity index (χ1v) is 10.9. The highest BCUT2D eigenvalue weighted by atomic mass is 35.5. The molecule has 3 aromatic rings. The zero-order chi connectivity index (χ0) is 23.3. The summed E-state index contributed by atoms with van der Waals surface area (Å²) in [5.74, 6) is 0.378. The zero-order valence-electron chi connectivity index (χ0n) is 17.8. The van der Waals surface area contributed by atoms with Crippen molar-refractivity contribution < 1.29 is 13.2 Å². The standard InChI is InChI=1S/C21H23Cl2F3N6/c1-20(2,3)16-11-18-27-17(21(24,25)26)12-19(32(18)29-16)30-4-6-31(7-5-30)28-15-9-13(22)8-14(23)10-15/h8-12,28H,4-7H2,1-3H3. The van der Waals surface area contributed by atoms with E-state index < -0.39 is 11.9 Å². The van der Waals surface area contributed by atoms with Gasteiger partial charge in [0.05, 0.1) is 11.4 Å². The highest BCUT2D eigenvalue weighted by molar-refractivity contribution is 6.35. The van der Waals surface area contributed by atoms with Gasteiger partial charge in [-0.1, -0.05) is 44.0 Å². The van der Waals surface area contributed by atoms with Crippen LogP contribution in [-0.4, -0.2) is 45.8 Å². The number of benzene rings is 1. The SMILES string of the molecule is CC(C)(C)c1cc2nc(C(F)(F)F)cc(N3CCN(Nc4cc(Cl)cc(Cl)c4)CC3)n2n1. The van der Waals surface area contributed by atoms with Crippen molar-refractivity contribution in [3.8, 4) is 0 Å². The third kappa shape index (κ3) is 4.89. The van der Waals surface area contributed by atoms with Gasteiger partial charge in [-0.3, -0.25) is 0 Å². The van der Waals surface area contributed by atoms with Gasteiger partial charge in [-0.05, 0) is 18.2 Å². The summed E-state index contributed by atoms with van der Waals surface area (Å²) < 4.78 is 42.1. The van der Waals surface area contributed by atoms with E-state index in [-0.39, 0.29) is 11.1 Å². The van der Waals surface area contributed by atoms with Crippen LogP contribution in [0.4, 0.5) is 24.7 Å². The molecule has 4 rings (SSSR count). The second-order valence-electron chi connectivity index (χ2n) is 8.79. The van der Waals surface area contributed by atoms with Crippen molar-refractivity contribution in [3.05, 3.63) is 51.8 Å². The van der Waals surface area contributed by atoms with Crippen molar-refractivity contribution in [2.75, 3.05) is 36.5 Å². The first kappa shape index (κ1) is 22.9. The molecule has 0 saturated carbocycles. The molecular weight excluding hydrogens is 464 g/mol. The van der Waals surface area contributed by atoms with Gasteiger partial charge in [-0.25, -0.2) is 9.99 Å². The molecule has 1 aromatic carbocycles. The van der Waals surface area contributed by atoms with Crippen LogP contribution in [0.1, 0.15) is 32.2 Å². The van der Waals surface area contributed by atoms with Crippen LogP contribution in [0.25, 0.3) is 5.65 Å². The van der Waals surface area contributed by atoms with E-state index in [1.54, 1.807) is 24.3 Å². The van der Waals surface area contributed by atoms with Crippen molar-refractivity contribution in [1.29, 1.82) is 0 Å². The van der Waals surface area contributed by atoms with Gasteiger partial charge in [-0.2, -0.15) is 22.8 Å². The average molecular weight is 487 g/mol. The third-order valence-corrected chi connectivity index (χ3v) is 5.66. The number of rotatable bonds is 3. The van der Waals surface area contributed by atoms with Crippen LogP contribution in [0.3, 0.4) is 0 Å². The summed E-state index contributed by atoms with van der Waals surface area (Å²) in [4.78, 5) is 5.72. The highest BCUT2D eigenvalue weighted by Gasteiger charge is 2.35. The second kappa shape index (κ2) is 8.28. The fourth-order valence-corrected chi connectivity index (χ4v) is 4.07. The topological polar surface area (TPSA) is 48.7 Å². The number of aromatic nitrogens is 3. The maximum absolute atomic E-state index is 13.5. The molecule has 0 spiro atoms. The van der Waals surface area contributed by atoms with Crippen LogP contribution >= 0.6 is 23.2 Å². The van der Waals surface area contributed by atoms with E-state index in [0.717, 1.165) is 11.8 Å². The van der Waals surface area contributed by atoms with E-state index in [4.69, 9.17) is 23.2 Å². The van der Waals surface area contributed by atoms with Crippen LogP contribution < -0.4 is 10.3 Å². The van der Waals surface area contributed by atoms with E-state index in [0.29, 0.717) is 47.7 Å². The van der Waals surface area contributed by atoms with Crippen LogP contribution in [0, 0.1) is 0 Å². The Labute approximate surface area is 193 Å². The minimum absolute atomic E-state index is 0.189. The Morgan fingerprint density at radius 1 is 0.875 bits per heavy atom. The number of nitrogens with one attached hydrogen (secondary N) is 1. The molecule has 0 radical (unpaired) electrons. The predicted octanol–water partition coefficient (Wildman–Crippen LogP) is 5.50. The monoisotopic (exact) mass is 486 g/mol. The van der Waals surface area contributed by atoms with Crippen LogP contribution in [-0.2, 0) is 11.6 Å². The van der Waals surface area contributed by atoms with E-state index >= 15 is 0 Å². The second-order valence-corrected chi connectivity index (χ2v) is 9.66. The average Bonchev–Trinajstić information content (AvgIpc) is 3.11. The van der Waals surface area contributed by atoms with E-state index in [9.17, 15) is 13.2 Å². The summed E-state index contributed by atoms with van der Waals surface area (Å²) in [7, 11) is 0. The molecule has 3 heterocycles. The summed E-state index contributed by atoms with van der Waals surface area (Å²) in [6.07, 6.45) is -4.54. The summed E-state index contributed by atoms with van der Waals surface area (Å²) in [5, 5.41) is 7.59. The van der Waals surface area contributed by atoms with Gasteiger partial charge >= 0.3 is 6.18 Å². The fourth-order valence-electron chi connectivity index (χ4n) is 3.54. The first-order chi connectivity index (χ1) is 14.9. The molecule has 11 heteroatoms. The number of hydrazine groups is 1. The number of fused-ring (bicyclic) bond motifs is 1. The predicted molar refractivity (Wildman–Crippen MR) is 121 cm³/mol. The first-order valence-electron chi connectivity index (χ1n) is 10.1. The normalized spacial score (nSPS) is 16.1. The van der Waals surface area contributed by atoms with Crippen molar-refractivity contribution >= 4 is 40.4 Å². The molecular formula is C21H23Cl2F3N6. The maximum Gasteiger partial charge on any atom is 0.433 e. The minimum atomic E-state index is -4.54. The molecule has 0 bridgehead atoms. The molecule has 2 aromatic heterocycles. The Morgan fingerprint density at radius 3 is 2.06 bits per heavy atom. The molecule has 0 unspecified atom stereocenters. The van der Waals surface area contributed by atoms with Crippen molar-refractivity contribution in [1.82, 2.24) is 19.6 Å². The number of piperazine rings is 1. The lowest BCUT2D eigenvalue weighted by atomic mass is 9.93. The molecule has 1 aliphatic heterocycles. The molecule has 1 saturated heterocycles. The molecule has 6 nitrogen and oxygen atoms in total. The molecule has 1 fully saturated rings. The Morgan fingerprint density at radius 2 is 1.50 bits per heavy atom. The van der Waals surface area contributed by atoms with Gasteiger partial charge < -0.3 is 10.3 Å². The third-order valence-electron chi connectivity index (χ3n) is 5.22. The maximum atomic E-state index is 13.5. The van der Waals surface area contributed by atoms with Gasteiger partial charge in [-0.15, -0.1) is 0 Å². The number of halogens is 5. The van der Waals surface area contributed by atoms with Gasteiger partial charge in [0.2, 0.25) is 0 Å². The van der Waals surface area contributed by atoms with Crippen molar-refractivity contribution in [3.63, 3.8) is 0 Å².